The van der Waals surface area contributed by atoms with Crippen LogP contribution < -0.4 is 14.8 Å². The predicted molar refractivity (Wildman–Crippen MR) is 54.1 cm³/mol. The van der Waals surface area contributed by atoms with E-state index in [1.807, 2.05) is 12.1 Å². The maximum Gasteiger partial charge on any atom is 0.231 e. The minimum absolute atomic E-state index is 0.272. The molecule has 1 N–H and O–H groups in total. The molecule has 0 saturated carbocycles. The van der Waals surface area contributed by atoms with Crippen LogP contribution in [-0.2, 0) is 4.74 Å². The molecule has 0 radical (unpaired) electrons. The van der Waals surface area contributed by atoms with Crippen molar-refractivity contribution >= 4 is 0 Å². The first-order chi connectivity index (χ1) is 7.43. The second-order valence-electron chi connectivity index (χ2n) is 3.69. The van der Waals surface area contributed by atoms with Crippen LogP contribution in [0.2, 0.25) is 0 Å². The molecule has 0 aliphatic carbocycles. The van der Waals surface area contributed by atoms with Crippen molar-refractivity contribution in [1.29, 1.82) is 0 Å². The molecule has 1 saturated heterocycles. The van der Waals surface area contributed by atoms with E-state index in [9.17, 15) is 0 Å². The summed E-state index contributed by atoms with van der Waals surface area (Å²) in [7, 11) is 0. The Morgan fingerprint density at radius 1 is 1.20 bits per heavy atom. The summed E-state index contributed by atoms with van der Waals surface area (Å²) >= 11 is 0. The van der Waals surface area contributed by atoms with Crippen LogP contribution >= 0.6 is 0 Å². The topological polar surface area (TPSA) is 39.7 Å². The lowest BCUT2D eigenvalue weighted by atomic mass is 10.1. The highest BCUT2D eigenvalue weighted by atomic mass is 16.7. The summed E-state index contributed by atoms with van der Waals surface area (Å²) in [4.78, 5) is 0. The lowest BCUT2D eigenvalue weighted by Gasteiger charge is -2.24. The molecule has 0 unspecified atom stereocenters. The number of hydrogen-bond donors (Lipinski definition) is 1. The van der Waals surface area contributed by atoms with E-state index in [1.54, 1.807) is 0 Å². The Morgan fingerprint density at radius 2 is 2.13 bits per heavy atom. The summed E-state index contributed by atoms with van der Waals surface area (Å²) in [6, 6.07) is 6.30. The van der Waals surface area contributed by atoms with Gasteiger partial charge in [-0.05, 0) is 17.7 Å². The third-order valence-electron chi connectivity index (χ3n) is 2.72. The third kappa shape index (κ3) is 1.66. The lowest BCUT2D eigenvalue weighted by molar-refractivity contribution is 0.0768. The Labute approximate surface area is 88.1 Å². The number of hydrogen-bond acceptors (Lipinski definition) is 4. The van der Waals surface area contributed by atoms with Crippen molar-refractivity contribution in [2.75, 3.05) is 26.6 Å². The Kier molecular flexibility index (Phi) is 2.23. The maximum absolute atomic E-state index is 5.42. The van der Waals surface area contributed by atoms with Gasteiger partial charge in [0.25, 0.3) is 0 Å². The average molecular weight is 207 g/mol. The lowest BCUT2D eigenvalue weighted by Crippen LogP contribution is -2.34. The van der Waals surface area contributed by atoms with Crippen molar-refractivity contribution in [3.63, 3.8) is 0 Å². The minimum Gasteiger partial charge on any atom is -0.454 e. The van der Waals surface area contributed by atoms with E-state index in [2.05, 4.69) is 11.4 Å². The number of ether oxygens (including phenoxy) is 3. The maximum atomic E-state index is 5.42. The average Bonchev–Trinajstić information content (AvgIpc) is 2.77. The molecule has 0 spiro atoms. The van der Waals surface area contributed by atoms with Crippen LogP contribution in [0.3, 0.4) is 0 Å². The molecule has 2 heterocycles. The first-order valence-corrected chi connectivity index (χ1v) is 5.14. The Balaban J connectivity index is 1.85. The van der Waals surface area contributed by atoms with Crippen molar-refractivity contribution in [3.8, 4) is 11.5 Å². The summed E-state index contributed by atoms with van der Waals surface area (Å²) < 4.78 is 16.0. The van der Waals surface area contributed by atoms with Crippen LogP contribution in [0.1, 0.15) is 11.6 Å². The summed E-state index contributed by atoms with van der Waals surface area (Å²) in [5.74, 6) is 1.66. The smallest absolute Gasteiger partial charge is 0.231 e. The molecule has 1 fully saturated rings. The molecule has 15 heavy (non-hydrogen) atoms. The van der Waals surface area contributed by atoms with Crippen molar-refractivity contribution in [3.05, 3.63) is 23.8 Å². The largest absolute Gasteiger partial charge is 0.454 e. The molecule has 0 bridgehead atoms. The van der Waals surface area contributed by atoms with Gasteiger partial charge in [-0.15, -0.1) is 0 Å². The third-order valence-corrected chi connectivity index (χ3v) is 2.72. The summed E-state index contributed by atoms with van der Waals surface area (Å²) in [5, 5.41) is 3.41. The van der Waals surface area contributed by atoms with Gasteiger partial charge in [0, 0.05) is 6.54 Å². The zero-order valence-electron chi connectivity index (χ0n) is 8.36. The van der Waals surface area contributed by atoms with E-state index < -0.39 is 0 Å². The van der Waals surface area contributed by atoms with Crippen LogP contribution in [0.5, 0.6) is 11.5 Å². The van der Waals surface area contributed by atoms with Gasteiger partial charge in [-0.1, -0.05) is 6.07 Å². The zero-order valence-corrected chi connectivity index (χ0v) is 8.36. The van der Waals surface area contributed by atoms with Gasteiger partial charge >= 0.3 is 0 Å². The van der Waals surface area contributed by atoms with Gasteiger partial charge in [-0.2, -0.15) is 0 Å². The summed E-state index contributed by atoms with van der Waals surface area (Å²) in [6.45, 7) is 2.74. The van der Waals surface area contributed by atoms with Gasteiger partial charge in [0.2, 0.25) is 6.79 Å². The van der Waals surface area contributed by atoms with Crippen molar-refractivity contribution in [1.82, 2.24) is 5.32 Å². The van der Waals surface area contributed by atoms with Crippen LogP contribution in [-0.4, -0.2) is 26.6 Å². The van der Waals surface area contributed by atoms with E-state index >= 15 is 0 Å². The summed E-state index contributed by atoms with van der Waals surface area (Å²) in [6.07, 6.45) is 0. The van der Waals surface area contributed by atoms with Crippen molar-refractivity contribution in [2.45, 2.75) is 6.04 Å². The highest BCUT2D eigenvalue weighted by Crippen LogP contribution is 2.34. The monoisotopic (exact) mass is 207 g/mol. The fraction of sp³-hybridized carbons (Fsp3) is 0.455. The van der Waals surface area contributed by atoms with Crippen LogP contribution in [0.15, 0.2) is 18.2 Å². The first kappa shape index (κ1) is 9.00. The Hall–Kier alpha value is -1.26. The van der Waals surface area contributed by atoms with Gasteiger partial charge in [0.05, 0.1) is 19.3 Å². The molecule has 4 heteroatoms. The van der Waals surface area contributed by atoms with E-state index in [4.69, 9.17) is 14.2 Å². The fourth-order valence-electron chi connectivity index (χ4n) is 1.91. The Morgan fingerprint density at radius 3 is 3.00 bits per heavy atom. The van der Waals surface area contributed by atoms with Gasteiger partial charge in [0.15, 0.2) is 11.5 Å². The normalized spacial score (nSPS) is 24.1. The molecule has 1 aromatic carbocycles. The molecular formula is C11H13NO3. The van der Waals surface area contributed by atoms with E-state index in [-0.39, 0.29) is 6.04 Å². The van der Waals surface area contributed by atoms with Gasteiger partial charge in [-0.3, -0.25) is 0 Å². The molecule has 1 atom stereocenters. The highest BCUT2D eigenvalue weighted by molar-refractivity contribution is 5.45. The number of morpholine rings is 1. The van der Waals surface area contributed by atoms with E-state index in [0.717, 1.165) is 31.3 Å². The number of fused-ring (bicyclic) bond motifs is 1. The molecule has 0 amide bonds. The molecule has 1 aromatic rings. The SMILES string of the molecule is c1cc2c(cc1[C@@H]1COCCN1)OCO2. The van der Waals surface area contributed by atoms with Crippen LogP contribution in [0, 0.1) is 0 Å². The van der Waals surface area contributed by atoms with Gasteiger partial charge in [0.1, 0.15) is 0 Å². The first-order valence-electron chi connectivity index (χ1n) is 5.14. The number of rotatable bonds is 1. The number of benzene rings is 1. The molecule has 80 valence electrons. The second-order valence-corrected chi connectivity index (χ2v) is 3.69. The fourth-order valence-corrected chi connectivity index (χ4v) is 1.91. The van der Waals surface area contributed by atoms with Gasteiger partial charge < -0.3 is 19.5 Å². The van der Waals surface area contributed by atoms with E-state index in [0.29, 0.717) is 6.79 Å². The predicted octanol–water partition coefficient (Wildman–Crippen LogP) is 1.08. The molecular weight excluding hydrogens is 194 g/mol. The van der Waals surface area contributed by atoms with Crippen LogP contribution in [0.4, 0.5) is 0 Å². The molecule has 2 aliphatic rings. The standard InChI is InChI=1S/C11H13NO3/c1-2-10-11(15-7-14-10)5-8(1)9-6-13-4-3-12-9/h1-2,5,9,12H,3-4,6-7H2/t9-/m0/s1. The minimum atomic E-state index is 0.272. The molecule has 4 nitrogen and oxygen atoms in total. The second kappa shape index (κ2) is 3.72. The van der Waals surface area contributed by atoms with Crippen LogP contribution in [0.25, 0.3) is 0 Å². The quantitative estimate of drug-likeness (QED) is 0.748. The molecule has 2 aliphatic heterocycles. The van der Waals surface area contributed by atoms with Crippen molar-refractivity contribution < 1.29 is 14.2 Å². The zero-order chi connectivity index (χ0) is 10.1. The van der Waals surface area contributed by atoms with Gasteiger partial charge in [-0.25, -0.2) is 0 Å². The highest BCUT2D eigenvalue weighted by Gasteiger charge is 2.19. The van der Waals surface area contributed by atoms with Crippen molar-refractivity contribution in [2.24, 2.45) is 0 Å². The Bertz CT molecular complexity index is 361. The number of nitrogens with one attached hydrogen (secondary N) is 1. The summed E-state index contributed by atoms with van der Waals surface area (Å²) in [5.41, 5.74) is 1.19. The molecule has 0 aromatic heterocycles. The van der Waals surface area contributed by atoms with E-state index in [1.165, 1.54) is 5.56 Å². The molecule has 3 rings (SSSR count).